The Kier molecular flexibility index (Phi) is 3.00. The maximum atomic E-state index is 12.9. The molecule has 0 saturated heterocycles. The molecule has 2 rings (SSSR count). The van der Waals surface area contributed by atoms with E-state index in [0.29, 0.717) is 12.2 Å². The van der Waals surface area contributed by atoms with E-state index >= 15 is 0 Å². The lowest BCUT2D eigenvalue weighted by Gasteiger charge is -2.05. The average molecular weight is 217 g/mol. The largest absolute Gasteiger partial charge is 0.397 e. The first-order valence-electron chi connectivity index (χ1n) is 4.94. The highest BCUT2D eigenvalue weighted by atomic mass is 19.1. The van der Waals surface area contributed by atoms with Crippen molar-refractivity contribution in [3.8, 4) is 0 Å². The molecule has 82 valence electrons. The van der Waals surface area contributed by atoms with E-state index < -0.39 is 0 Å². The summed E-state index contributed by atoms with van der Waals surface area (Å²) in [5.74, 6) is -0.254. The van der Waals surface area contributed by atoms with Crippen molar-refractivity contribution in [1.82, 2.24) is 4.98 Å². The van der Waals surface area contributed by atoms with Crippen molar-refractivity contribution in [3.63, 3.8) is 0 Å². The molecule has 4 heteroatoms. The lowest BCUT2D eigenvalue weighted by molar-refractivity contribution is 0.628. The number of nitrogens with one attached hydrogen (secondary N) is 1. The third kappa shape index (κ3) is 2.70. The van der Waals surface area contributed by atoms with Crippen molar-refractivity contribution in [1.29, 1.82) is 0 Å². The Labute approximate surface area is 93.1 Å². The van der Waals surface area contributed by atoms with Gasteiger partial charge in [-0.15, -0.1) is 0 Å². The van der Waals surface area contributed by atoms with Gasteiger partial charge in [0.2, 0.25) is 0 Å². The van der Waals surface area contributed by atoms with E-state index in [-0.39, 0.29) is 5.82 Å². The molecule has 0 aliphatic heterocycles. The lowest BCUT2D eigenvalue weighted by Crippen LogP contribution is -2.02. The van der Waals surface area contributed by atoms with Gasteiger partial charge in [-0.05, 0) is 30.3 Å². The molecule has 0 aliphatic carbocycles. The van der Waals surface area contributed by atoms with Crippen molar-refractivity contribution in [2.45, 2.75) is 6.54 Å². The predicted molar refractivity (Wildman–Crippen MR) is 62.4 cm³/mol. The number of nitrogen functional groups attached to an aromatic ring is 1. The third-order valence-corrected chi connectivity index (χ3v) is 2.15. The molecule has 2 aromatic rings. The van der Waals surface area contributed by atoms with Crippen LogP contribution in [0.3, 0.4) is 0 Å². The van der Waals surface area contributed by atoms with Crippen LogP contribution in [0.2, 0.25) is 0 Å². The number of hydrogen-bond donors (Lipinski definition) is 2. The standard InChI is InChI=1S/C12H12FN3/c13-9-2-1-3-11(6-9)16-8-12-5-4-10(14)7-15-12/h1-7,16H,8,14H2. The van der Waals surface area contributed by atoms with Gasteiger partial charge in [0.05, 0.1) is 24.1 Å². The van der Waals surface area contributed by atoms with Crippen LogP contribution in [0.25, 0.3) is 0 Å². The van der Waals surface area contributed by atoms with E-state index in [2.05, 4.69) is 10.3 Å². The van der Waals surface area contributed by atoms with Crippen LogP contribution in [0.15, 0.2) is 42.6 Å². The van der Waals surface area contributed by atoms with E-state index in [0.717, 1.165) is 11.4 Å². The van der Waals surface area contributed by atoms with Gasteiger partial charge in [-0.1, -0.05) is 6.07 Å². The van der Waals surface area contributed by atoms with Gasteiger partial charge in [0.25, 0.3) is 0 Å². The normalized spacial score (nSPS) is 10.1. The summed E-state index contributed by atoms with van der Waals surface area (Å²) < 4.78 is 12.9. The molecule has 1 aromatic carbocycles. The number of benzene rings is 1. The van der Waals surface area contributed by atoms with Crippen molar-refractivity contribution in [2.24, 2.45) is 0 Å². The Morgan fingerprint density at radius 3 is 2.81 bits per heavy atom. The van der Waals surface area contributed by atoms with Gasteiger partial charge in [0.1, 0.15) is 5.82 Å². The second kappa shape index (κ2) is 4.61. The average Bonchev–Trinajstić information content (AvgIpc) is 2.28. The molecule has 0 saturated carbocycles. The molecule has 0 amide bonds. The van der Waals surface area contributed by atoms with Crippen molar-refractivity contribution < 1.29 is 4.39 Å². The minimum Gasteiger partial charge on any atom is -0.397 e. The minimum absolute atomic E-state index is 0.254. The van der Waals surface area contributed by atoms with Gasteiger partial charge in [-0.2, -0.15) is 0 Å². The first-order chi connectivity index (χ1) is 7.74. The van der Waals surface area contributed by atoms with E-state index in [1.807, 2.05) is 6.07 Å². The highest BCUT2D eigenvalue weighted by molar-refractivity contribution is 5.43. The minimum atomic E-state index is -0.254. The summed E-state index contributed by atoms with van der Waals surface area (Å²) in [4.78, 5) is 4.13. The summed E-state index contributed by atoms with van der Waals surface area (Å²) in [6.45, 7) is 0.545. The Morgan fingerprint density at radius 2 is 2.12 bits per heavy atom. The summed E-state index contributed by atoms with van der Waals surface area (Å²) in [6, 6.07) is 9.94. The van der Waals surface area contributed by atoms with Crippen molar-refractivity contribution in [2.75, 3.05) is 11.1 Å². The highest BCUT2D eigenvalue weighted by Crippen LogP contribution is 2.10. The molecular weight excluding hydrogens is 205 g/mol. The Balaban J connectivity index is 1.99. The topological polar surface area (TPSA) is 50.9 Å². The molecule has 3 N–H and O–H groups in total. The smallest absolute Gasteiger partial charge is 0.125 e. The maximum Gasteiger partial charge on any atom is 0.125 e. The summed E-state index contributed by atoms with van der Waals surface area (Å²) in [6.07, 6.45) is 1.60. The first-order valence-corrected chi connectivity index (χ1v) is 4.94. The second-order valence-electron chi connectivity index (χ2n) is 3.45. The molecular formula is C12H12FN3. The summed E-state index contributed by atoms with van der Waals surface area (Å²) in [5, 5.41) is 3.08. The summed E-state index contributed by atoms with van der Waals surface area (Å²) >= 11 is 0. The van der Waals surface area contributed by atoms with Crippen LogP contribution >= 0.6 is 0 Å². The zero-order valence-corrected chi connectivity index (χ0v) is 8.65. The van der Waals surface area contributed by atoms with Crippen molar-refractivity contribution in [3.05, 3.63) is 54.1 Å². The van der Waals surface area contributed by atoms with Crippen LogP contribution in [-0.2, 0) is 6.54 Å². The number of hydrogen-bond acceptors (Lipinski definition) is 3. The number of nitrogens with zero attached hydrogens (tertiary/aromatic N) is 1. The molecule has 0 bridgehead atoms. The van der Waals surface area contributed by atoms with Crippen LogP contribution in [0, 0.1) is 5.82 Å². The monoisotopic (exact) mass is 217 g/mol. The van der Waals surface area contributed by atoms with Crippen LogP contribution in [0.5, 0.6) is 0 Å². The van der Waals surface area contributed by atoms with Gasteiger partial charge in [0.15, 0.2) is 0 Å². The van der Waals surface area contributed by atoms with Crippen LogP contribution in [0.1, 0.15) is 5.69 Å². The highest BCUT2D eigenvalue weighted by Gasteiger charge is 1.96. The quantitative estimate of drug-likeness (QED) is 0.830. The van der Waals surface area contributed by atoms with Gasteiger partial charge < -0.3 is 11.1 Å². The van der Waals surface area contributed by atoms with E-state index in [1.54, 1.807) is 24.4 Å². The molecule has 0 aliphatic rings. The van der Waals surface area contributed by atoms with Crippen LogP contribution in [0.4, 0.5) is 15.8 Å². The SMILES string of the molecule is Nc1ccc(CNc2cccc(F)c2)nc1. The zero-order valence-electron chi connectivity index (χ0n) is 8.65. The molecule has 1 aromatic heterocycles. The van der Waals surface area contributed by atoms with Crippen LogP contribution in [-0.4, -0.2) is 4.98 Å². The number of anilines is 2. The van der Waals surface area contributed by atoms with Gasteiger partial charge in [-0.25, -0.2) is 4.39 Å². The number of halogens is 1. The summed E-state index contributed by atoms with van der Waals surface area (Å²) in [5.41, 5.74) is 7.75. The van der Waals surface area contributed by atoms with E-state index in [9.17, 15) is 4.39 Å². The fraction of sp³-hybridized carbons (Fsp3) is 0.0833. The molecule has 0 radical (unpaired) electrons. The molecule has 16 heavy (non-hydrogen) atoms. The van der Waals surface area contributed by atoms with E-state index in [1.165, 1.54) is 12.1 Å². The first kappa shape index (κ1) is 10.4. The molecule has 0 fully saturated rings. The Morgan fingerprint density at radius 1 is 1.25 bits per heavy atom. The molecule has 0 atom stereocenters. The fourth-order valence-electron chi connectivity index (χ4n) is 1.33. The number of nitrogens with two attached hydrogens (primary N) is 1. The fourth-order valence-corrected chi connectivity index (χ4v) is 1.33. The van der Waals surface area contributed by atoms with Gasteiger partial charge >= 0.3 is 0 Å². The summed E-state index contributed by atoms with van der Waals surface area (Å²) in [7, 11) is 0. The molecule has 1 heterocycles. The molecule has 0 unspecified atom stereocenters. The number of pyridine rings is 1. The van der Waals surface area contributed by atoms with Gasteiger partial charge in [-0.3, -0.25) is 4.98 Å². The van der Waals surface area contributed by atoms with E-state index in [4.69, 9.17) is 5.73 Å². The second-order valence-corrected chi connectivity index (χ2v) is 3.45. The number of rotatable bonds is 3. The Hall–Kier alpha value is -2.10. The molecule has 0 spiro atoms. The predicted octanol–water partition coefficient (Wildman–Crippen LogP) is 2.42. The number of aromatic nitrogens is 1. The Bertz CT molecular complexity index is 468. The molecule has 3 nitrogen and oxygen atoms in total. The van der Waals surface area contributed by atoms with Crippen molar-refractivity contribution >= 4 is 11.4 Å². The lowest BCUT2D eigenvalue weighted by atomic mass is 10.3. The van der Waals surface area contributed by atoms with Gasteiger partial charge in [0, 0.05) is 5.69 Å². The van der Waals surface area contributed by atoms with Crippen LogP contribution < -0.4 is 11.1 Å². The maximum absolute atomic E-state index is 12.9. The zero-order chi connectivity index (χ0) is 11.4. The third-order valence-electron chi connectivity index (χ3n) is 2.15.